The predicted octanol–water partition coefficient (Wildman–Crippen LogP) is 2.38. The average Bonchev–Trinajstić information content (AvgIpc) is 2.95. The summed E-state index contributed by atoms with van der Waals surface area (Å²) in [6.45, 7) is 2.59. The number of nitro groups is 1. The predicted molar refractivity (Wildman–Crippen MR) is 70.5 cm³/mol. The number of aromatic nitrogens is 2. The van der Waals surface area contributed by atoms with Gasteiger partial charge < -0.3 is 14.6 Å². The third-order valence-electron chi connectivity index (χ3n) is 2.49. The van der Waals surface area contributed by atoms with Gasteiger partial charge >= 0.3 is 5.69 Å². The second kappa shape index (κ2) is 6.50. The van der Waals surface area contributed by atoms with Crippen LogP contribution in [0.25, 0.3) is 0 Å². The van der Waals surface area contributed by atoms with Gasteiger partial charge in [0, 0.05) is 0 Å². The molecule has 1 aromatic heterocycles. The third-order valence-corrected chi connectivity index (χ3v) is 2.49. The molecule has 1 N–H and O–H groups in total. The van der Waals surface area contributed by atoms with Crippen LogP contribution in [0, 0.1) is 10.1 Å². The molecule has 1 aromatic carbocycles. The van der Waals surface area contributed by atoms with Crippen LogP contribution in [-0.2, 0) is 6.54 Å². The molecular formula is C12H14N4O4. The fraction of sp³-hybridized carbons (Fsp3) is 0.333. The van der Waals surface area contributed by atoms with E-state index in [9.17, 15) is 10.1 Å². The van der Waals surface area contributed by atoms with E-state index >= 15 is 0 Å². The number of nitrogens with one attached hydrogen (secondary N) is 1. The molecule has 2 rings (SSSR count). The van der Waals surface area contributed by atoms with Crippen LogP contribution in [0.4, 0.5) is 11.4 Å². The lowest BCUT2D eigenvalue weighted by atomic mass is 10.2. The smallest absolute Gasteiger partial charge is 0.333 e. The highest BCUT2D eigenvalue weighted by atomic mass is 16.6. The van der Waals surface area contributed by atoms with E-state index in [0.29, 0.717) is 18.1 Å². The summed E-state index contributed by atoms with van der Waals surface area (Å²) >= 11 is 0. The second-order valence-corrected chi connectivity index (χ2v) is 3.96. The SMILES string of the molecule is CCCOc1cccc(NCc2ncon2)c1[N+](=O)[O-]. The van der Waals surface area contributed by atoms with Crippen molar-refractivity contribution < 1.29 is 14.2 Å². The van der Waals surface area contributed by atoms with Crippen molar-refractivity contribution in [2.24, 2.45) is 0 Å². The van der Waals surface area contributed by atoms with Crippen molar-refractivity contribution in [3.63, 3.8) is 0 Å². The minimum absolute atomic E-state index is 0.0931. The Hall–Kier alpha value is -2.64. The van der Waals surface area contributed by atoms with Gasteiger partial charge in [-0.1, -0.05) is 18.1 Å². The minimum atomic E-state index is -0.469. The molecular weight excluding hydrogens is 264 g/mol. The van der Waals surface area contributed by atoms with Crippen molar-refractivity contribution >= 4 is 11.4 Å². The lowest BCUT2D eigenvalue weighted by Gasteiger charge is -2.09. The number of benzene rings is 1. The minimum Gasteiger partial charge on any atom is -0.487 e. The monoisotopic (exact) mass is 278 g/mol. The Bertz CT molecular complexity index is 571. The van der Waals surface area contributed by atoms with Gasteiger partial charge in [0.15, 0.2) is 11.6 Å². The van der Waals surface area contributed by atoms with Crippen molar-refractivity contribution in [3.8, 4) is 5.75 Å². The molecule has 0 saturated carbocycles. The summed E-state index contributed by atoms with van der Waals surface area (Å²) in [7, 11) is 0. The van der Waals surface area contributed by atoms with Gasteiger partial charge in [-0.25, -0.2) is 0 Å². The molecule has 0 aliphatic rings. The van der Waals surface area contributed by atoms with Gasteiger partial charge in [-0.3, -0.25) is 10.1 Å². The normalized spacial score (nSPS) is 10.2. The molecule has 0 spiro atoms. The molecule has 0 bridgehead atoms. The molecule has 8 nitrogen and oxygen atoms in total. The van der Waals surface area contributed by atoms with Crippen molar-refractivity contribution in [2.75, 3.05) is 11.9 Å². The van der Waals surface area contributed by atoms with Crippen LogP contribution in [0.3, 0.4) is 0 Å². The molecule has 0 saturated heterocycles. The number of rotatable bonds is 7. The molecule has 0 unspecified atom stereocenters. The molecule has 0 aliphatic carbocycles. The van der Waals surface area contributed by atoms with Gasteiger partial charge in [-0.15, -0.1) is 0 Å². The number of hydrogen-bond donors (Lipinski definition) is 1. The fourth-order valence-corrected chi connectivity index (χ4v) is 1.63. The zero-order valence-electron chi connectivity index (χ0n) is 10.9. The first-order valence-electron chi connectivity index (χ1n) is 6.11. The summed E-state index contributed by atoms with van der Waals surface area (Å²) in [5.74, 6) is 0.661. The maximum atomic E-state index is 11.2. The van der Waals surface area contributed by atoms with E-state index < -0.39 is 4.92 Å². The Kier molecular flexibility index (Phi) is 4.48. The van der Waals surface area contributed by atoms with Crippen LogP contribution in [0.15, 0.2) is 29.1 Å². The number of nitro benzene ring substituents is 1. The van der Waals surface area contributed by atoms with Crippen molar-refractivity contribution in [2.45, 2.75) is 19.9 Å². The first-order valence-corrected chi connectivity index (χ1v) is 6.11. The number of nitrogens with zero attached hydrogens (tertiary/aromatic N) is 3. The number of para-hydroxylation sites is 1. The third kappa shape index (κ3) is 3.22. The highest BCUT2D eigenvalue weighted by Gasteiger charge is 2.21. The summed E-state index contributed by atoms with van der Waals surface area (Å²) in [4.78, 5) is 14.6. The van der Waals surface area contributed by atoms with Crippen LogP contribution in [0.2, 0.25) is 0 Å². The van der Waals surface area contributed by atoms with Gasteiger partial charge in [-0.2, -0.15) is 4.98 Å². The van der Waals surface area contributed by atoms with Gasteiger partial charge in [0.05, 0.1) is 18.1 Å². The van der Waals surface area contributed by atoms with E-state index in [0.717, 1.165) is 6.42 Å². The van der Waals surface area contributed by atoms with Gasteiger partial charge in [0.25, 0.3) is 0 Å². The molecule has 0 atom stereocenters. The fourth-order valence-electron chi connectivity index (χ4n) is 1.63. The Morgan fingerprint density at radius 3 is 3.00 bits per heavy atom. The maximum absolute atomic E-state index is 11.2. The quantitative estimate of drug-likeness (QED) is 0.612. The lowest BCUT2D eigenvalue weighted by molar-refractivity contribution is -0.385. The Labute approximate surface area is 114 Å². The number of anilines is 1. The van der Waals surface area contributed by atoms with Crippen LogP contribution in [-0.4, -0.2) is 21.7 Å². The molecule has 106 valence electrons. The van der Waals surface area contributed by atoms with Crippen LogP contribution in [0.5, 0.6) is 5.75 Å². The molecule has 0 amide bonds. The summed E-state index contributed by atoms with van der Waals surface area (Å²) < 4.78 is 9.99. The van der Waals surface area contributed by atoms with E-state index in [1.54, 1.807) is 18.2 Å². The molecule has 0 aliphatic heterocycles. The summed E-state index contributed by atoms with van der Waals surface area (Å²) in [6.07, 6.45) is 1.98. The zero-order chi connectivity index (χ0) is 14.4. The van der Waals surface area contributed by atoms with Crippen molar-refractivity contribution in [3.05, 3.63) is 40.5 Å². The molecule has 8 heteroatoms. The highest BCUT2D eigenvalue weighted by molar-refractivity contribution is 5.68. The van der Waals surface area contributed by atoms with E-state index in [4.69, 9.17) is 4.74 Å². The molecule has 0 fully saturated rings. The maximum Gasteiger partial charge on any atom is 0.333 e. The Morgan fingerprint density at radius 1 is 1.50 bits per heavy atom. The number of ether oxygens (including phenoxy) is 1. The molecule has 20 heavy (non-hydrogen) atoms. The van der Waals surface area contributed by atoms with E-state index in [-0.39, 0.29) is 18.0 Å². The average molecular weight is 278 g/mol. The highest BCUT2D eigenvalue weighted by Crippen LogP contribution is 2.34. The second-order valence-electron chi connectivity index (χ2n) is 3.96. The first kappa shape index (κ1) is 13.8. The molecule has 1 heterocycles. The zero-order valence-corrected chi connectivity index (χ0v) is 10.9. The summed E-state index contributed by atoms with van der Waals surface area (Å²) in [5.41, 5.74) is 0.262. The Balaban J connectivity index is 2.20. The van der Waals surface area contributed by atoms with E-state index in [1.807, 2.05) is 6.92 Å². The number of hydrogen-bond acceptors (Lipinski definition) is 7. The van der Waals surface area contributed by atoms with Crippen LogP contribution >= 0.6 is 0 Å². The summed E-state index contributed by atoms with van der Waals surface area (Å²) in [5, 5.41) is 17.7. The topological polar surface area (TPSA) is 103 Å². The van der Waals surface area contributed by atoms with Gasteiger partial charge in [0.2, 0.25) is 6.39 Å². The Morgan fingerprint density at radius 2 is 2.35 bits per heavy atom. The standard InChI is InChI=1S/C12H14N4O4/c1-2-6-19-10-5-3-4-9(12(10)16(17)18)13-7-11-14-8-20-15-11/h3-5,8,13H,2,6-7H2,1H3. The van der Waals surface area contributed by atoms with E-state index in [2.05, 4.69) is 20.0 Å². The van der Waals surface area contributed by atoms with Crippen molar-refractivity contribution in [1.82, 2.24) is 10.1 Å². The van der Waals surface area contributed by atoms with Crippen molar-refractivity contribution in [1.29, 1.82) is 0 Å². The largest absolute Gasteiger partial charge is 0.487 e. The molecule has 0 radical (unpaired) electrons. The lowest BCUT2D eigenvalue weighted by Crippen LogP contribution is -2.06. The molecule has 2 aromatic rings. The summed E-state index contributed by atoms with van der Waals surface area (Å²) in [6, 6.07) is 4.88. The van der Waals surface area contributed by atoms with Gasteiger partial charge in [-0.05, 0) is 18.6 Å². The van der Waals surface area contributed by atoms with Gasteiger partial charge in [0.1, 0.15) is 5.69 Å². The van der Waals surface area contributed by atoms with E-state index in [1.165, 1.54) is 6.39 Å². The van der Waals surface area contributed by atoms with Crippen LogP contribution in [0.1, 0.15) is 19.2 Å². The first-order chi connectivity index (χ1) is 9.72. The van der Waals surface area contributed by atoms with Crippen LogP contribution < -0.4 is 10.1 Å².